The van der Waals surface area contributed by atoms with Gasteiger partial charge < -0.3 is 19.9 Å². The maximum absolute atomic E-state index is 12.0. The summed E-state index contributed by atoms with van der Waals surface area (Å²) >= 11 is 0. The minimum atomic E-state index is -0.0820. The normalized spacial score (nSPS) is 13.1. The van der Waals surface area contributed by atoms with E-state index in [-0.39, 0.29) is 18.4 Å². The topological polar surface area (TPSA) is 106 Å². The summed E-state index contributed by atoms with van der Waals surface area (Å²) in [5.41, 5.74) is 1.08. The SMILES string of the molecule is CCCc1noc(CCC(=O)NCCc2ccc(OCC(=O)NC3CC3)cc2)n1. The van der Waals surface area contributed by atoms with Crippen molar-refractivity contribution in [1.29, 1.82) is 0 Å². The lowest BCUT2D eigenvalue weighted by Gasteiger charge is -2.08. The fourth-order valence-corrected chi connectivity index (χ4v) is 2.77. The van der Waals surface area contributed by atoms with Crippen molar-refractivity contribution in [3.05, 3.63) is 41.5 Å². The van der Waals surface area contributed by atoms with Gasteiger partial charge in [0.15, 0.2) is 12.4 Å². The van der Waals surface area contributed by atoms with Crippen molar-refractivity contribution in [1.82, 2.24) is 20.8 Å². The predicted molar refractivity (Wildman–Crippen MR) is 106 cm³/mol. The molecular weight excluding hydrogens is 372 g/mol. The van der Waals surface area contributed by atoms with E-state index in [2.05, 4.69) is 27.7 Å². The van der Waals surface area contributed by atoms with Gasteiger partial charge in [0.2, 0.25) is 11.8 Å². The second-order valence-corrected chi connectivity index (χ2v) is 7.23. The number of hydrogen-bond acceptors (Lipinski definition) is 6. The second-order valence-electron chi connectivity index (χ2n) is 7.23. The molecule has 1 aliphatic rings. The molecule has 1 heterocycles. The fraction of sp³-hybridized carbons (Fsp3) is 0.524. The third-order valence-electron chi connectivity index (χ3n) is 4.52. The standard InChI is InChI=1S/C21H28N4O4/c1-2-3-18-24-21(29-25-18)11-10-19(26)22-13-12-15-4-8-17(9-5-15)28-14-20(27)23-16-6-7-16/h4-5,8-9,16H,2-3,6-7,10-14H2,1H3,(H,22,26)(H,23,27). The van der Waals surface area contributed by atoms with Crippen LogP contribution in [0.25, 0.3) is 0 Å². The third-order valence-corrected chi connectivity index (χ3v) is 4.52. The van der Waals surface area contributed by atoms with Crippen LogP contribution in [0, 0.1) is 0 Å². The molecule has 8 nitrogen and oxygen atoms in total. The monoisotopic (exact) mass is 400 g/mol. The Morgan fingerprint density at radius 3 is 2.66 bits per heavy atom. The molecule has 0 aliphatic heterocycles. The Labute approximate surface area is 170 Å². The first kappa shape index (κ1) is 20.8. The Bertz CT molecular complexity index is 799. The van der Waals surface area contributed by atoms with Gasteiger partial charge in [-0.2, -0.15) is 4.98 Å². The highest BCUT2D eigenvalue weighted by Crippen LogP contribution is 2.18. The van der Waals surface area contributed by atoms with Crippen molar-refractivity contribution in [2.45, 2.75) is 57.9 Å². The minimum Gasteiger partial charge on any atom is -0.484 e. The van der Waals surface area contributed by atoms with Crippen LogP contribution in [0.15, 0.2) is 28.8 Å². The van der Waals surface area contributed by atoms with Crippen molar-refractivity contribution in [2.75, 3.05) is 13.2 Å². The van der Waals surface area contributed by atoms with Crippen LogP contribution in [-0.4, -0.2) is 41.1 Å². The van der Waals surface area contributed by atoms with Crippen LogP contribution in [0.4, 0.5) is 0 Å². The smallest absolute Gasteiger partial charge is 0.258 e. The average Bonchev–Trinajstić information content (AvgIpc) is 3.42. The number of nitrogens with one attached hydrogen (secondary N) is 2. The van der Waals surface area contributed by atoms with Crippen LogP contribution in [0.1, 0.15) is 49.9 Å². The number of aryl methyl sites for hydroxylation is 2. The summed E-state index contributed by atoms with van der Waals surface area (Å²) < 4.78 is 10.6. The van der Waals surface area contributed by atoms with Gasteiger partial charge in [-0.15, -0.1) is 0 Å². The molecule has 0 saturated heterocycles. The number of aromatic nitrogens is 2. The molecule has 2 amide bonds. The van der Waals surface area contributed by atoms with E-state index in [9.17, 15) is 9.59 Å². The quantitative estimate of drug-likeness (QED) is 0.564. The highest BCUT2D eigenvalue weighted by molar-refractivity contribution is 5.78. The number of rotatable bonds is 12. The zero-order valence-electron chi connectivity index (χ0n) is 16.8. The number of nitrogens with zero attached hydrogens (tertiary/aromatic N) is 2. The van der Waals surface area contributed by atoms with E-state index in [4.69, 9.17) is 9.26 Å². The molecule has 2 N–H and O–H groups in total. The number of benzene rings is 1. The van der Waals surface area contributed by atoms with Crippen LogP contribution in [0.3, 0.4) is 0 Å². The Hall–Kier alpha value is -2.90. The Morgan fingerprint density at radius 2 is 1.93 bits per heavy atom. The van der Waals surface area contributed by atoms with Crippen molar-refractivity contribution in [3.8, 4) is 5.75 Å². The molecule has 0 radical (unpaired) electrons. The average molecular weight is 400 g/mol. The van der Waals surface area contributed by atoms with Crippen LogP contribution in [0.5, 0.6) is 5.75 Å². The first-order valence-corrected chi connectivity index (χ1v) is 10.2. The van der Waals surface area contributed by atoms with Gasteiger partial charge in [-0.25, -0.2) is 0 Å². The molecule has 1 aromatic carbocycles. The van der Waals surface area contributed by atoms with E-state index in [0.717, 1.165) is 37.7 Å². The summed E-state index contributed by atoms with van der Waals surface area (Å²) in [7, 11) is 0. The summed E-state index contributed by atoms with van der Waals surface area (Å²) in [4.78, 5) is 27.8. The molecule has 0 spiro atoms. The molecule has 0 atom stereocenters. The van der Waals surface area contributed by atoms with Crippen molar-refractivity contribution >= 4 is 11.8 Å². The number of carbonyl (C=O) groups is 2. The molecule has 3 rings (SSSR count). The van der Waals surface area contributed by atoms with Gasteiger partial charge in [-0.3, -0.25) is 9.59 Å². The zero-order chi connectivity index (χ0) is 20.5. The lowest BCUT2D eigenvalue weighted by molar-refractivity contribution is -0.123. The predicted octanol–water partition coefficient (Wildman–Crippen LogP) is 1.97. The molecule has 1 aliphatic carbocycles. The van der Waals surface area contributed by atoms with Gasteiger partial charge in [0, 0.05) is 31.8 Å². The van der Waals surface area contributed by atoms with E-state index in [0.29, 0.717) is 42.9 Å². The highest BCUT2D eigenvalue weighted by atomic mass is 16.5. The molecule has 1 fully saturated rings. The second kappa shape index (κ2) is 10.6. The van der Waals surface area contributed by atoms with E-state index < -0.39 is 0 Å². The van der Waals surface area contributed by atoms with Crippen LogP contribution >= 0.6 is 0 Å². The van der Waals surface area contributed by atoms with Crippen LogP contribution in [-0.2, 0) is 28.9 Å². The largest absolute Gasteiger partial charge is 0.484 e. The maximum atomic E-state index is 12.0. The first-order valence-electron chi connectivity index (χ1n) is 10.2. The Kier molecular flexibility index (Phi) is 7.61. The van der Waals surface area contributed by atoms with Crippen LogP contribution in [0.2, 0.25) is 0 Å². The van der Waals surface area contributed by atoms with E-state index >= 15 is 0 Å². The summed E-state index contributed by atoms with van der Waals surface area (Å²) in [6, 6.07) is 7.90. The van der Waals surface area contributed by atoms with Gasteiger partial charge >= 0.3 is 0 Å². The van der Waals surface area contributed by atoms with Crippen molar-refractivity contribution < 1.29 is 18.8 Å². The molecule has 8 heteroatoms. The molecule has 156 valence electrons. The van der Waals surface area contributed by atoms with Crippen LogP contribution < -0.4 is 15.4 Å². The van der Waals surface area contributed by atoms with Gasteiger partial charge in [0.05, 0.1) is 0 Å². The summed E-state index contributed by atoms with van der Waals surface area (Å²) in [5.74, 6) is 1.73. The number of hydrogen-bond donors (Lipinski definition) is 2. The molecule has 0 bridgehead atoms. The fourth-order valence-electron chi connectivity index (χ4n) is 2.77. The van der Waals surface area contributed by atoms with E-state index in [1.807, 2.05) is 24.3 Å². The summed E-state index contributed by atoms with van der Waals surface area (Å²) in [6.07, 6.45) is 5.36. The van der Waals surface area contributed by atoms with Crippen molar-refractivity contribution in [2.24, 2.45) is 0 Å². The lowest BCUT2D eigenvalue weighted by Crippen LogP contribution is -2.30. The molecule has 1 saturated carbocycles. The zero-order valence-corrected chi connectivity index (χ0v) is 16.8. The molecule has 1 aromatic heterocycles. The van der Waals surface area contributed by atoms with E-state index in [1.165, 1.54) is 0 Å². The Morgan fingerprint density at radius 1 is 1.14 bits per heavy atom. The van der Waals surface area contributed by atoms with Gasteiger partial charge in [0.25, 0.3) is 5.91 Å². The molecule has 0 unspecified atom stereocenters. The van der Waals surface area contributed by atoms with Crippen molar-refractivity contribution in [3.63, 3.8) is 0 Å². The Balaban J connectivity index is 1.29. The highest BCUT2D eigenvalue weighted by Gasteiger charge is 2.23. The summed E-state index contributed by atoms with van der Waals surface area (Å²) in [5, 5.41) is 9.66. The van der Waals surface area contributed by atoms with Gasteiger partial charge in [-0.1, -0.05) is 24.2 Å². The van der Waals surface area contributed by atoms with Gasteiger partial charge in [0.1, 0.15) is 5.75 Å². The minimum absolute atomic E-state index is 0.0336. The molecule has 29 heavy (non-hydrogen) atoms. The summed E-state index contributed by atoms with van der Waals surface area (Å²) in [6.45, 7) is 2.64. The number of amides is 2. The maximum Gasteiger partial charge on any atom is 0.258 e. The molecule has 2 aromatic rings. The van der Waals surface area contributed by atoms with Gasteiger partial charge in [-0.05, 0) is 43.4 Å². The molecular formula is C21H28N4O4. The number of carbonyl (C=O) groups excluding carboxylic acids is 2. The van der Waals surface area contributed by atoms with E-state index in [1.54, 1.807) is 0 Å². The number of ether oxygens (including phenoxy) is 1. The first-order chi connectivity index (χ1) is 14.1. The third kappa shape index (κ3) is 7.56. The lowest BCUT2D eigenvalue weighted by atomic mass is 10.1.